The molecule has 2 atom stereocenters. The van der Waals surface area contributed by atoms with Crippen LogP contribution in [-0.2, 0) is 9.53 Å². The highest BCUT2D eigenvalue weighted by Gasteiger charge is 2.31. The Kier molecular flexibility index (Phi) is 7.57. The lowest BCUT2D eigenvalue weighted by Crippen LogP contribution is -2.44. The number of benzene rings is 1. The Morgan fingerprint density at radius 3 is 2.62 bits per heavy atom. The van der Waals surface area contributed by atoms with Crippen LogP contribution in [0.5, 0.6) is 0 Å². The van der Waals surface area contributed by atoms with E-state index in [1.54, 1.807) is 0 Å². The van der Waals surface area contributed by atoms with E-state index in [9.17, 15) is 9.59 Å². The van der Waals surface area contributed by atoms with E-state index in [-0.39, 0.29) is 11.9 Å². The third-order valence-corrected chi connectivity index (χ3v) is 4.92. The number of piperidine rings is 1. The molecule has 0 spiro atoms. The second-order valence-corrected chi connectivity index (χ2v) is 6.63. The van der Waals surface area contributed by atoms with Crippen LogP contribution in [0.3, 0.4) is 0 Å². The predicted octanol–water partition coefficient (Wildman–Crippen LogP) is 3.74. The van der Waals surface area contributed by atoms with Crippen molar-refractivity contribution in [3.8, 4) is 0 Å². The quantitative estimate of drug-likeness (QED) is 0.555. The van der Waals surface area contributed by atoms with Gasteiger partial charge in [-0.05, 0) is 50.2 Å². The molecule has 0 aromatic heterocycles. The maximum Gasteiger partial charge on any atom is 0.305 e. The molecule has 24 heavy (non-hydrogen) atoms. The molecule has 1 saturated heterocycles. The molecule has 132 valence electrons. The fourth-order valence-electron chi connectivity index (χ4n) is 3.41. The minimum Gasteiger partial charge on any atom is -0.466 e. The number of carbonyl (C=O) groups excluding carboxylic acids is 2. The van der Waals surface area contributed by atoms with Crippen molar-refractivity contribution in [2.75, 3.05) is 25.6 Å². The highest BCUT2D eigenvalue weighted by molar-refractivity contribution is 6.17. The number of likely N-dealkylation sites (tertiary alicyclic amines) is 1. The molecule has 0 saturated carbocycles. The van der Waals surface area contributed by atoms with Gasteiger partial charge in [-0.1, -0.05) is 18.2 Å². The molecule has 0 radical (unpaired) electrons. The number of esters is 1. The fourth-order valence-corrected chi connectivity index (χ4v) is 3.69. The average Bonchev–Trinajstić information content (AvgIpc) is 2.61. The summed E-state index contributed by atoms with van der Waals surface area (Å²) in [6.45, 7) is 3.70. The van der Waals surface area contributed by atoms with Gasteiger partial charge in [0.1, 0.15) is 0 Å². The predicted molar refractivity (Wildman–Crippen MR) is 95.1 cm³/mol. The Hall–Kier alpha value is -1.55. The minimum atomic E-state index is -0.134. The summed E-state index contributed by atoms with van der Waals surface area (Å²) < 4.78 is 5.02. The van der Waals surface area contributed by atoms with E-state index < -0.39 is 0 Å². The molecule has 0 aliphatic carbocycles. The average molecular weight is 352 g/mol. The summed E-state index contributed by atoms with van der Waals surface area (Å²) in [7, 11) is 0. The molecule has 4 nitrogen and oxygen atoms in total. The second-order valence-electron chi connectivity index (χ2n) is 6.25. The Balaban J connectivity index is 1.94. The first kappa shape index (κ1) is 18.8. The molecule has 1 aliphatic rings. The SMILES string of the molecule is CCOC(=O)CCC1CCN(C(=O)c2ccccc2)CC1CCCl. The normalized spacial score (nSPS) is 20.7. The van der Waals surface area contributed by atoms with Crippen molar-refractivity contribution in [3.63, 3.8) is 0 Å². The van der Waals surface area contributed by atoms with E-state index in [1.165, 1.54) is 0 Å². The molecule has 1 fully saturated rings. The maximum absolute atomic E-state index is 12.6. The number of carbonyl (C=O) groups is 2. The Morgan fingerprint density at radius 2 is 1.96 bits per heavy atom. The van der Waals surface area contributed by atoms with Gasteiger partial charge in [0.2, 0.25) is 0 Å². The van der Waals surface area contributed by atoms with Crippen LogP contribution in [0, 0.1) is 11.8 Å². The smallest absolute Gasteiger partial charge is 0.305 e. The number of nitrogens with zero attached hydrogens (tertiary/aromatic N) is 1. The maximum atomic E-state index is 12.6. The van der Waals surface area contributed by atoms with Crippen molar-refractivity contribution in [2.24, 2.45) is 11.8 Å². The van der Waals surface area contributed by atoms with Gasteiger partial charge in [0.15, 0.2) is 0 Å². The van der Waals surface area contributed by atoms with Crippen molar-refractivity contribution in [2.45, 2.75) is 32.6 Å². The summed E-state index contributed by atoms with van der Waals surface area (Å²) >= 11 is 5.96. The highest BCUT2D eigenvalue weighted by atomic mass is 35.5. The molecule has 1 aromatic rings. The first-order chi connectivity index (χ1) is 11.7. The summed E-state index contributed by atoms with van der Waals surface area (Å²) in [5.74, 6) is 1.30. The Labute approximate surface area is 149 Å². The summed E-state index contributed by atoms with van der Waals surface area (Å²) in [5.41, 5.74) is 0.729. The molecular weight excluding hydrogens is 326 g/mol. The van der Waals surface area contributed by atoms with E-state index in [1.807, 2.05) is 42.2 Å². The third kappa shape index (κ3) is 5.23. The Bertz CT molecular complexity index is 535. The molecule has 5 heteroatoms. The third-order valence-electron chi connectivity index (χ3n) is 4.70. The number of halogens is 1. The number of amides is 1. The van der Waals surface area contributed by atoms with Crippen LogP contribution < -0.4 is 0 Å². The molecule has 1 aromatic carbocycles. The lowest BCUT2D eigenvalue weighted by Gasteiger charge is -2.38. The van der Waals surface area contributed by atoms with Gasteiger partial charge in [-0.2, -0.15) is 0 Å². The fraction of sp³-hybridized carbons (Fsp3) is 0.579. The van der Waals surface area contributed by atoms with E-state index in [0.29, 0.717) is 37.3 Å². The standard InChI is InChI=1S/C19H26ClNO3/c1-2-24-18(22)9-8-15-11-13-21(14-17(15)10-12-20)19(23)16-6-4-3-5-7-16/h3-7,15,17H,2,8-14H2,1H3. The number of alkyl halides is 1. The number of hydrogen-bond donors (Lipinski definition) is 0. The second kappa shape index (κ2) is 9.67. The lowest BCUT2D eigenvalue weighted by atomic mass is 9.80. The summed E-state index contributed by atoms with van der Waals surface area (Å²) in [4.78, 5) is 26.1. The topological polar surface area (TPSA) is 46.6 Å². The zero-order valence-corrected chi connectivity index (χ0v) is 15.0. The zero-order chi connectivity index (χ0) is 17.4. The largest absolute Gasteiger partial charge is 0.466 e. The van der Waals surface area contributed by atoms with Gasteiger partial charge in [0.05, 0.1) is 6.61 Å². The molecule has 1 amide bonds. The van der Waals surface area contributed by atoms with Gasteiger partial charge in [-0.3, -0.25) is 9.59 Å². The van der Waals surface area contributed by atoms with Crippen molar-refractivity contribution in [1.82, 2.24) is 4.90 Å². The summed E-state index contributed by atoms with van der Waals surface area (Å²) in [6, 6.07) is 9.39. The number of ether oxygens (including phenoxy) is 1. The molecular formula is C19H26ClNO3. The zero-order valence-electron chi connectivity index (χ0n) is 14.2. The number of rotatable bonds is 7. The van der Waals surface area contributed by atoms with Crippen LogP contribution >= 0.6 is 11.6 Å². The van der Waals surface area contributed by atoms with Crippen molar-refractivity contribution in [1.29, 1.82) is 0 Å². The van der Waals surface area contributed by atoms with Crippen LogP contribution in [0.25, 0.3) is 0 Å². The van der Waals surface area contributed by atoms with Crippen LogP contribution in [0.4, 0.5) is 0 Å². The first-order valence-corrected chi connectivity index (χ1v) is 9.25. The molecule has 1 aliphatic heterocycles. The van der Waals surface area contributed by atoms with Gasteiger partial charge in [-0.25, -0.2) is 0 Å². The summed E-state index contributed by atoms with van der Waals surface area (Å²) in [5, 5.41) is 0. The number of hydrogen-bond acceptors (Lipinski definition) is 3. The van der Waals surface area contributed by atoms with Gasteiger partial charge in [-0.15, -0.1) is 11.6 Å². The van der Waals surface area contributed by atoms with Gasteiger partial charge >= 0.3 is 5.97 Å². The molecule has 0 bridgehead atoms. The van der Waals surface area contributed by atoms with Gasteiger partial charge in [0.25, 0.3) is 5.91 Å². The Morgan fingerprint density at radius 1 is 1.21 bits per heavy atom. The molecule has 2 rings (SSSR count). The van der Waals surface area contributed by atoms with E-state index in [0.717, 1.165) is 31.4 Å². The van der Waals surface area contributed by atoms with Crippen LogP contribution in [0.1, 0.15) is 43.0 Å². The molecule has 2 unspecified atom stereocenters. The lowest BCUT2D eigenvalue weighted by molar-refractivity contribution is -0.143. The summed E-state index contributed by atoms with van der Waals surface area (Å²) in [6.07, 6.45) is 3.05. The van der Waals surface area contributed by atoms with Crippen LogP contribution in [0.15, 0.2) is 30.3 Å². The van der Waals surface area contributed by atoms with E-state index in [2.05, 4.69) is 0 Å². The van der Waals surface area contributed by atoms with Crippen molar-refractivity contribution < 1.29 is 14.3 Å². The van der Waals surface area contributed by atoms with E-state index in [4.69, 9.17) is 16.3 Å². The van der Waals surface area contributed by atoms with Gasteiger partial charge in [0, 0.05) is 31.0 Å². The molecule has 1 heterocycles. The van der Waals surface area contributed by atoms with Crippen molar-refractivity contribution >= 4 is 23.5 Å². The van der Waals surface area contributed by atoms with Crippen LogP contribution in [0.2, 0.25) is 0 Å². The van der Waals surface area contributed by atoms with Crippen LogP contribution in [-0.4, -0.2) is 42.4 Å². The monoisotopic (exact) mass is 351 g/mol. The van der Waals surface area contributed by atoms with Crippen molar-refractivity contribution in [3.05, 3.63) is 35.9 Å². The highest BCUT2D eigenvalue weighted by Crippen LogP contribution is 2.31. The molecule has 0 N–H and O–H groups in total. The van der Waals surface area contributed by atoms with Gasteiger partial charge < -0.3 is 9.64 Å². The van der Waals surface area contributed by atoms with E-state index >= 15 is 0 Å². The minimum absolute atomic E-state index is 0.0824. The first-order valence-electron chi connectivity index (χ1n) is 8.71.